The van der Waals surface area contributed by atoms with Crippen molar-refractivity contribution in [1.29, 1.82) is 0 Å². The molecule has 0 bridgehead atoms. The Kier molecular flexibility index (Phi) is 5.55. The first-order valence-corrected chi connectivity index (χ1v) is 10.2. The molecule has 1 unspecified atom stereocenters. The molecule has 4 rings (SSSR count). The molecule has 2 aromatic rings. The van der Waals surface area contributed by atoms with Crippen molar-refractivity contribution in [3.8, 4) is 0 Å². The monoisotopic (exact) mass is 406 g/mol. The summed E-state index contributed by atoms with van der Waals surface area (Å²) in [7, 11) is 2.12. The number of benzene rings is 1. The molecule has 0 radical (unpaired) electrons. The van der Waals surface area contributed by atoms with Crippen molar-refractivity contribution >= 4 is 23.1 Å². The second-order valence-corrected chi connectivity index (χ2v) is 7.70. The van der Waals surface area contributed by atoms with E-state index < -0.39 is 17.7 Å². The largest absolute Gasteiger partial charge is 0.503 e. The van der Waals surface area contributed by atoms with E-state index >= 15 is 0 Å². The Labute approximate surface area is 176 Å². The van der Waals surface area contributed by atoms with Crippen molar-refractivity contribution in [2.45, 2.75) is 19.4 Å². The van der Waals surface area contributed by atoms with Gasteiger partial charge in [0.25, 0.3) is 5.91 Å². The van der Waals surface area contributed by atoms with Crippen molar-refractivity contribution in [2.75, 3.05) is 43.0 Å². The molecule has 7 nitrogen and oxygen atoms in total. The number of carbonyl (C=O) groups is 2. The summed E-state index contributed by atoms with van der Waals surface area (Å²) < 4.78 is 0. The van der Waals surface area contributed by atoms with Crippen LogP contribution in [0, 0.1) is 0 Å². The van der Waals surface area contributed by atoms with E-state index in [-0.39, 0.29) is 17.8 Å². The molecular formula is C23H26N4O3. The first-order valence-electron chi connectivity index (χ1n) is 10.2. The van der Waals surface area contributed by atoms with Crippen molar-refractivity contribution in [3.05, 3.63) is 65.7 Å². The molecule has 1 atom stereocenters. The summed E-state index contributed by atoms with van der Waals surface area (Å²) in [5.41, 5.74) is 2.63. The first-order chi connectivity index (χ1) is 14.5. The molecule has 1 aromatic carbocycles. The summed E-state index contributed by atoms with van der Waals surface area (Å²) in [5, 5.41) is 10.5. The molecule has 1 aromatic heterocycles. The van der Waals surface area contributed by atoms with Crippen molar-refractivity contribution in [3.63, 3.8) is 0 Å². The number of aliphatic hydroxyl groups is 1. The van der Waals surface area contributed by atoms with Crippen LogP contribution < -0.4 is 9.80 Å². The van der Waals surface area contributed by atoms with Gasteiger partial charge in [0.05, 0.1) is 11.6 Å². The van der Waals surface area contributed by atoms with E-state index in [1.165, 1.54) is 4.90 Å². The van der Waals surface area contributed by atoms with Crippen LogP contribution >= 0.6 is 0 Å². The van der Waals surface area contributed by atoms with Crippen LogP contribution in [0.3, 0.4) is 0 Å². The zero-order valence-corrected chi connectivity index (χ0v) is 17.3. The lowest BCUT2D eigenvalue weighted by Gasteiger charge is -2.34. The quantitative estimate of drug-likeness (QED) is 0.823. The summed E-state index contributed by atoms with van der Waals surface area (Å²) in [6, 6.07) is 10.6. The van der Waals surface area contributed by atoms with Crippen molar-refractivity contribution < 1.29 is 14.7 Å². The van der Waals surface area contributed by atoms with Crippen LogP contribution in [0.15, 0.2) is 60.1 Å². The topological polar surface area (TPSA) is 77.0 Å². The lowest BCUT2D eigenvalue weighted by atomic mass is 9.95. The number of carbonyl (C=O) groups excluding carboxylic acids is 2. The fourth-order valence-corrected chi connectivity index (χ4v) is 4.10. The zero-order chi connectivity index (χ0) is 21.3. The van der Waals surface area contributed by atoms with Gasteiger partial charge in [-0.15, -0.1) is 0 Å². The first kappa shape index (κ1) is 20.1. The Hall–Kier alpha value is -3.19. The minimum Gasteiger partial charge on any atom is -0.503 e. The predicted octanol–water partition coefficient (Wildman–Crippen LogP) is 2.71. The second kappa shape index (κ2) is 8.28. The number of piperazine rings is 1. The average Bonchev–Trinajstić information content (AvgIpc) is 3.05. The van der Waals surface area contributed by atoms with Gasteiger partial charge in [-0.1, -0.05) is 6.92 Å². The number of amides is 1. The Morgan fingerprint density at radius 2 is 1.63 bits per heavy atom. The van der Waals surface area contributed by atoms with E-state index in [0.717, 1.165) is 37.4 Å². The summed E-state index contributed by atoms with van der Waals surface area (Å²) in [6.45, 7) is 5.66. The number of rotatable bonds is 5. The molecule has 0 saturated carbocycles. The molecular weight excluding hydrogens is 380 g/mol. The minimum absolute atomic E-state index is 0.150. The number of Topliss-reactive ketones (excluding diaryl/α,β-unsaturated/α-hetero) is 1. The SMILES string of the molecule is CCC(=O)C1=C(O)C(=O)N(c2ccc(N3CCN(C)CC3)cc2)C1c1ccncc1. The highest BCUT2D eigenvalue weighted by Crippen LogP contribution is 2.41. The lowest BCUT2D eigenvalue weighted by Crippen LogP contribution is -2.44. The Balaban J connectivity index is 1.68. The van der Waals surface area contributed by atoms with E-state index in [1.807, 2.05) is 24.3 Å². The third-order valence-electron chi connectivity index (χ3n) is 5.85. The van der Waals surface area contributed by atoms with Gasteiger partial charge in [0, 0.05) is 56.4 Å². The number of ketones is 1. The molecule has 3 heterocycles. The normalized spacial score (nSPS) is 20.2. The van der Waals surface area contributed by atoms with E-state index in [1.54, 1.807) is 31.5 Å². The molecule has 0 spiro atoms. The maximum absolute atomic E-state index is 13.0. The van der Waals surface area contributed by atoms with Gasteiger partial charge >= 0.3 is 0 Å². The fraction of sp³-hybridized carbons (Fsp3) is 0.348. The summed E-state index contributed by atoms with van der Waals surface area (Å²) in [6.07, 6.45) is 3.46. The van der Waals surface area contributed by atoms with E-state index in [2.05, 4.69) is 21.8 Å². The number of aromatic nitrogens is 1. The summed E-state index contributed by atoms with van der Waals surface area (Å²) in [5.74, 6) is -1.26. The third-order valence-corrected chi connectivity index (χ3v) is 5.85. The summed E-state index contributed by atoms with van der Waals surface area (Å²) >= 11 is 0. The highest BCUT2D eigenvalue weighted by Gasteiger charge is 2.43. The maximum atomic E-state index is 13.0. The van der Waals surface area contributed by atoms with Gasteiger partial charge in [-0.2, -0.15) is 0 Å². The number of likely N-dealkylation sites (N-methyl/N-ethyl adjacent to an activating group) is 1. The molecule has 0 aliphatic carbocycles. The smallest absolute Gasteiger partial charge is 0.294 e. The third kappa shape index (κ3) is 3.57. The zero-order valence-electron chi connectivity index (χ0n) is 17.3. The Bertz CT molecular complexity index is 964. The van der Waals surface area contributed by atoms with E-state index in [9.17, 15) is 14.7 Å². The van der Waals surface area contributed by atoms with Gasteiger partial charge in [-0.05, 0) is 49.0 Å². The highest BCUT2D eigenvalue weighted by molar-refractivity contribution is 6.16. The molecule has 2 aliphatic heterocycles. The standard InChI is InChI=1S/C23H26N4O3/c1-3-19(28)20-21(16-8-10-24-11-9-16)27(23(30)22(20)29)18-6-4-17(5-7-18)26-14-12-25(2)13-15-26/h4-11,21,29H,3,12-15H2,1-2H3. The van der Waals surface area contributed by atoms with Gasteiger partial charge in [0.2, 0.25) is 0 Å². The number of hydrogen-bond acceptors (Lipinski definition) is 6. The van der Waals surface area contributed by atoms with E-state index in [4.69, 9.17) is 0 Å². The van der Waals surface area contributed by atoms with Gasteiger partial charge in [0.1, 0.15) is 0 Å². The van der Waals surface area contributed by atoms with Crippen molar-refractivity contribution in [1.82, 2.24) is 9.88 Å². The number of aliphatic hydroxyl groups excluding tert-OH is 1. The number of anilines is 2. The minimum atomic E-state index is -0.664. The fourth-order valence-electron chi connectivity index (χ4n) is 4.10. The number of pyridine rings is 1. The molecule has 156 valence electrons. The summed E-state index contributed by atoms with van der Waals surface area (Å²) in [4.78, 5) is 35.7. The molecule has 1 saturated heterocycles. The molecule has 1 N–H and O–H groups in total. The van der Waals surface area contributed by atoms with Gasteiger partial charge in [-0.3, -0.25) is 19.5 Å². The molecule has 7 heteroatoms. The predicted molar refractivity (Wildman–Crippen MR) is 116 cm³/mol. The molecule has 2 aliphatic rings. The van der Waals surface area contributed by atoms with Crippen LogP contribution in [-0.4, -0.2) is 59.9 Å². The van der Waals surface area contributed by atoms with Gasteiger partial charge < -0.3 is 14.9 Å². The van der Waals surface area contributed by atoms with E-state index in [0.29, 0.717) is 5.69 Å². The molecule has 30 heavy (non-hydrogen) atoms. The Morgan fingerprint density at radius 1 is 1.03 bits per heavy atom. The highest BCUT2D eigenvalue weighted by atomic mass is 16.3. The van der Waals surface area contributed by atoms with Crippen LogP contribution in [0.1, 0.15) is 24.9 Å². The second-order valence-electron chi connectivity index (χ2n) is 7.70. The molecule has 1 fully saturated rings. The van der Waals surface area contributed by atoms with Crippen LogP contribution in [0.5, 0.6) is 0 Å². The van der Waals surface area contributed by atoms with Gasteiger partial charge in [-0.25, -0.2) is 0 Å². The lowest BCUT2D eigenvalue weighted by molar-refractivity contribution is -0.118. The van der Waals surface area contributed by atoms with Crippen LogP contribution in [-0.2, 0) is 9.59 Å². The Morgan fingerprint density at radius 3 is 2.23 bits per heavy atom. The number of hydrogen-bond donors (Lipinski definition) is 1. The molecule has 1 amide bonds. The average molecular weight is 406 g/mol. The van der Waals surface area contributed by atoms with Crippen LogP contribution in [0.4, 0.5) is 11.4 Å². The maximum Gasteiger partial charge on any atom is 0.294 e. The van der Waals surface area contributed by atoms with Crippen LogP contribution in [0.2, 0.25) is 0 Å². The van der Waals surface area contributed by atoms with Gasteiger partial charge in [0.15, 0.2) is 11.5 Å². The van der Waals surface area contributed by atoms with Crippen molar-refractivity contribution in [2.24, 2.45) is 0 Å². The number of nitrogens with zero attached hydrogens (tertiary/aromatic N) is 4. The van der Waals surface area contributed by atoms with Crippen LogP contribution in [0.25, 0.3) is 0 Å².